The van der Waals surface area contributed by atoms with Crippen molar-refractivity contribution >= 4 is 34.8 Å². The molecule has 1 unspecified atom stereocenters. The van der Waals surface area contributed by atoms with Crippen LogP contribution < -0.4 is 5.32 Å². The van der Waals surface area contributed by atoms with Crippen molar-refractivity contribution in [2.45, 2.75) is 30.9 Å². The number of amides is 1. The zero-order valence-electron chi connectivity index (χ0n) is 18.6. The number of nitrogens with zero attached hydrogens (tertiary/aromatic N) is 1. The molecule has 0 bridgehead atoms. The molecule has 0 spiro atoms. The molecule has 0 fully saturated rings. The van der Waals surface area contributed by atoms with Crippen molar-refractivity contribution in [2.24, 2.45) is 5.16 Å². The monoisotopic (exact) mass is 560 g/mol. The van der Waals surface area contributed by atoms with Crippen molar-refractivity contribution in [1.82, 2.24) is 5.32 Å². The number of benzene rings is 3. The number of rotatable bonds is 5. The highest BCUT2D eigenvalue weighted by atomic mass is 35.5. The molecular weight excluding hydrogens is 545 g/mol. The first-order valence-electron chi connectivity index (χ1n) is 10.6. The van der Waals surface area contributed by atoms with Crippen LogP contribution in [-0.4, -0.2) is 17.8 Å². The normalized spacial score (nSPS) is 17.8. The Morgan fingerprint density at radius 2 is 1.57 bits per heavy atom. The molecule has 0 radical (unpaired) electrons. The molecule has 1 amide bonds. The Morgan fingerprint density at radius 3 is 2.14 bits per heavy atom. The van der Waals surface area contributed by atoms with E-state index in [1.807, 2.05) is 0 Å². The summed E-state index contributed by atoms with van der Waals surface area (Å²) in [6.07, 6.45) is -9.92. The van der Waals surface area contributed by atoms with E-state index in [-0.39, 0.29) is 33.4 Å². The maximum Gasteiger partial charge on any atom is 0.435 e. The first-order valence-corrected chi connectivity index (χ1v) is 11.4. The average molecular weight is 561 g/mol. The van der Waals surface area contributed by atoms with Gasteiger partial charge >= 0.3 is 12.4 Å². The van der Waals surface area contributed by atoms with Crippen LogP contribution in [0.1, 0.15) is 39.0 Å². The molecule has 1 heterocycles. The molecule has 0 saturated carbocycles. The standard InChI is InChI=1S/C25H16Cl2F6N2O2/c26-19-10-9-18(11-20(19)27)23(25(31,32)33)12-21(35-37-23)15-3-5-16(6-4-15)22(36)34-13-14-1-7-17(8-2-14)24(28,29)30/h1-11H,12-13H2,(H,34,36). The van der Waals surface area contributed by atoms with E-state index in [4.69, 9.17) is 28.0 Å². The number of nitrogens with one attached hydrogen (secondary N) is 1. The molecule has 4 rings (SSSR count). The van der Waals surface area contributed by atoms with E-state index in [1.165, 1.54) is 48.5 Å². The van der Waals surface area contributed by atoms with Crippen LogP contribution in [0.3, 0.4) is 0 Å². The second-order valence-electron chi connectivity index (χ2n) is 8.21. The van der Waals surface area contributed by atoms with Crippen LogP contribution >= 0.6 is 23.2 Å². The van der Waals surface area contributed by atoms with E-state index in [1.54, 1.807) is 0 Å². The zero-order chi connectivity index (χ0) is 27.0. The highest BCUT2D eigenvalue weighted by Crippen LogP contribution is 2.49. The minimum absolute atomic E-state index is 0.0140. The molecule has 0 aromatic heterocycles. The lowest BCUT2D eigenvalue weighted by molar-refractivity contribution is -0.275. The molecule has 1 aliphatic rings. The average Bonchev–Trinajstić information content (AvgIpc) is 3.31. The van der Waals surface area contributed by atoms with Crippen molar-refractivity contribution in [3.8, 4) is 0 Å². The minimum Gasteiger partial charge on any atom is -0.374 e. The summed E-state index contributed by atoms with van der Waals surface area (Å²) >= 11 is 11.8. The van der Waals surface area contributed by atoms with Crippen LogP contribution in [0.25, 0.3) is 0 Å². The quantitative estimate of drug-likeness (QED) is 0.328. The fourth-order valence-corrected chi connectivity index (χ4v) is 4.01. The van der Waals surface area contributed by atoms with Crippen LogP contribution in [0.15, 0.2) is 71.9 Å². The van der Waals surface area contributed by atoms with Crippen LogP contribution in [0.4, 0.5) is 26.3 Å². The lowest BCUT2D eigenvalue weighted by atomic mass is 9.86. The Bertz CT molecular complexity index is 1340. The van der Waals surface area contributed by atoms with Crippen molar-refractivity contribution in [1.29, 1.82) is 0 Å². The number of hydrogen-bond acceptors (Lipinski definition) is 3. The molecule has 37 heavy (non-hydrogen) atoms. The van der Waals surface area contributed by atoms with E-state index in [0.29, 0.717) is 11.1 Å². The number of oxime groups is 1. The summed E-state index contributed by atoms with van der Waals surface area (Å²) in [7, 11) is 0. The summed E-state index contributed by atoms with van der Waals surface area (Å²) in [5, 5.41) is 6.28. The third-order valence-corrected chi connectivity index (χ3v) is 6.53. The Hall–Kier alpha value is -3.24. The minimum atomic E-state index is -4.83. The van der Waals surface area contributed by atoms with Gasteiger partial charge in [0.15, 0.2) is 0 Å². The zero-order valence-corrected chi connectivity index (χ0v) is 20.1. The van der Waals surface area contributed by atoms with Crippen LogP contribution in [-0.2, 0) is 23.2 Å². The van der Waals surface area contributed by atoms with Gasteiger partial charge < -0.3 is 10.2 Å². The lowest BCUT2D eigenvalue weighted by Gasteiger charge is -2.29. The number of alkyl halides is 6. The van der Waals surface area contributed by atoms with Gasteiger partial charge in [-0.05, 0) is 47.5 Å². The molecule has 194 valence electrons. The van der Waals surface area contributed by atoms with Crippen LogP contribution in [0.5, 0.6) is 0 Å². The fourth-order valence-electron chi connectivity index (χ4n) is 3.72. The van der Waals surface area contributed by atoms with Gasteiger partial charge in [0.25, 0.3) is 11.5 Å². The number of carbonyl (C=O) groups is 1. The summed E-state index contributed by atoms with van der Waals surface area (Å²) < 4.78 is 80.3. The topological polar surface area (TPSA) is 50.7 Å². The van der Waals surface area contributed by atoms with Crippen LogP contribution in [0, 0.1) is 0 Å². The van der Waals surface area contributed by atoms with Crippen molar-refractivity contribution in [2.75, 3.05) is 0 Å². The fraction of sp³-hybridized carbons (Fsp3) is 0.200. The number of halogens is 8. The lowest BCUT2D eigenvalue weighted by Crippen LogP contribution is -2.42. The van der Waals surface area contributed by atoms with Crippen molar-refractivity contribution < 1.29 is 36.0 Å². The summed E-state index contributed by atoms with van der Waals surface area (Å²) in [6.45, 7) is -0.0168. The Kier molecular flexibility index (Phi) is 7.18. The van der Waals surface area contributed by atoms with Gasteiger partial charge in [0.1, 0.15) is 0 Å². The van der Waals surface area contributed by atoms with Crippen molar-refractivity contribution in [3.05, 3.63) is 105 Å². The largest absolute Gasteiger partial charge is 0.435 e. The smallest absolute Gasteiger partial charge is 0.374 e. The number of hydrogen-bond donors (Lipinski definition) is 1. The molecule has 4 nitrogen and oxygen atoms in total. The molecular formula is C25H16Cl2F6N2O2. The van der Waals surface area contributed by atoms with E-state index < -0.39 is 35.8 Å². The molecule has 1 aliphatic heterocycles. The Balaban J connectivity index is 1.45. The van der Waals surface area contributed by atoms with Gasteiger partial charge in [-0.3, -0.25) is 4.79 Å². The van der Waals surface area contributed by atoms with Crippen molar-refractivity contribution in [3.63, 3.8) is 0 Å². The second kappa shape index (κ2) is 9.90. The summed E-state index contributed by atoms with van der Waals surface area (Å²) in [5.41, 5.74) is -2.83. The van der Waals surface area contributed by atoms with Gasteiger partial charge in [0.2, 0.25) is 0 Å². The highest BCUT2D eigenvalue weighted by Gasteiger charge is 2.62. The van der Waals surface area contributed by atoms with Gasteiger partial charge in [-0.2, -0.15) is 26.3 Å². The molecule has 1 N–H and O–H groups in total. The second-order valence-corrected chi connectivity index (χ2v) is 9.03. The maximum atomic E-state index is 14.1. The maximum absolute atomic E-state index is 14.1. The third kappa shape index (κ3) is 5.55. The molecule has 3 aromatic rings. The molecule has 12 heteroatoms. The molecule has 3 aromatic carbocycles. The van der Waals surface area contributed by atoms with Crippen LogP contribution in [0.2, 0.25) is 10.0 Å². The molecule has 1 atom stereocenters. The summed E-state index contributed by atoms with van der Waals surface area (Å²) in [6, 6.07) is 13.5. The number of carbonyl (C=O) groups excluding carboxylic acids is 1. The summed E-state index contributed by atoms with van der Waals surface area (Å²) in [5.74, 6) is -0.517. The SMILES string of the molecule is O=C(NCc1ccc(C(F)(F)F)cc1)c1ccc(C2=NOC(c3ccc(Cl)c(Cl)c3)(C(F)(F)F)C2)cc1. The first kappa shape index (κ1) is 26.8. The van der Waals surface area contributed by atoms with E-state index in [0.717, 1.165) is 18.2 Å². The summed E-state index contributed by atoms with van der Waals surface area (Å²) in [4.78, 5) is 17.4. The van der Waals surface area contributed by atoms with Gasteiger partial charge in [0, 0.05) is 24.1 Å². The predicted octanol–water partition coefficient (Wildman–Crippen LogP) is 7.52. The van der Waals surface area contributed by atoms with E-state index >= 15 is 0 Å². The van der Waals surface area contributed by atoms with Gasteiger partial charge in [-0.1, -0.05) is 58.7 Å². The van der Waals surface area contributed by atoms with E-state index in [9.17, 15) is 31.1 Å². The molecule has 0 saturated heterocycles. The molecule has 0 aliphatic carbocycles. The predicted molar refractivity (Wildman–Crippen MR) is 125 cm³/mol. The van der Waals surface area contributed by atoms with E-state index in [2.05, 4.69) is 10.5 Å². The van der Waals surface area contributed by atoms with Gasteiger partial charge in [-0.15, -0.1) is 0 Å². The highest BCUT2D eigenvalue weighted by molar-refractivity contribution is 6.42. The Morgan fingerprint density at radius 1 is 0.919 bits per heavy atom. The third-order valence-electron chi connectivity index (χ3n) is 5.79. The Labute approximate surface area is 216 Å². The van der Waals surface area contributed by atoms with Gasteiger partial charge in [-0.25, -0.2) is 0 Å². The first-order chi connectivity index (χ1) is 17.3. The van der Waals surface area contributed by atoms with Gasteiger partial charge in [0.05, 0.1) is 21.3 Å².